The highest BCUT2D eigenvalue weighted by Crippen LogP contribution is 2.59. The number of likely N-dealkylation sites (tertiary alicyclic amines) is 1. The van der Waals surface area contributed by atoms with Crippen molar-refractivity contribution >= 4 is 41.0 Å². The average Bonchev–Trinajstić information content (AvgIpc) is 3.82. The first-order valence-electron chi connectivity index (χ1n) is 18.1. The predicted molar refractivity (Wildman–Crippen MR) is 202 cm³/mol. The van der Waals surface area contributed by atoms with Crippen molar-refractivity contribution < 1.29 is 33.8 Å². The molecular formula is C42H46ClN3O7. The van der Waals surface area contributed by atoms with E-state index in [4.69, 9.17) is 21.1 Å². The number of amides is 3. The maximum atomic E-state index is 15.0. The molecule has 3 heterocycles. The lowest BCUT2D eigenvalue weighted by atomic mass is 9.70. The van der Waals surface area contributed by atoms with Gasteiger partial charge in [0.1, 0.15) is 17.7 Å². The number of aliphatic hydroxyl groups excluding tert-OH is 1. The zero-order chi connectivity index (χ0) is 37.7. The fourth-order valence-corrected chi connectivity index (χ4v) is 8.60. The third-order valence-electron chi connectivity index (χ3n) is 10.7. The number of carbonyl (C=O) groups is 4. The van der Waals surface area contributed by atoms with E-state index in [1.54, 1.807) is 43.3 Å². The Labute approximate surface area is 315 Å². The molecule has 3 saturated heterocycles. The van der Waals surface area contributed by atoms with Crippen LogP contribution in [0.1, 0.15) is 49.8 Å². The van der Waals surface area contributed by atoms with E-state index in [1.165, 1.54) is 9.80 Å². The molecular weight excluding hydrogens is 694 g/mol. The lowest BCUT2D eigenvalue weighted by Crippen LogP contribution is -2.59. The van der Waals surface area contributed by atoms with Gasteiger partial charge in [-0.15, -0.1) is 13.2 Å². The van der Waals surface area contributed by atoms with Crippen molar-refractivity contribution in [2.45, 2.75) is 75.0 Å². The van der Waals surface area contributed by atoms with E-state index in [2.05, 4.69) is 18.5 Å². The molecule has 8 atom stereocenters. The number of anilines is 1. The summed E-state index contributed by atoms with van der Waals surface area (Å²) in [5.41, 5.74) is 0.602. The minimum absolute atomic E-state index is 0.0917. The van der Waals surface area contributed by atoms with Crippen LogP contribution < -0.4 is 10.2 Å². The van der Waals surface area contributed by atoms with Crippen LogP contribution in [0, 0.1) is 11.8 Å². The molecule has 3 aromatic carbocycles. The molecule has 2 N–H and O–H groups in total. The molecule has 11 heteroatoms. The van der Waals surface area contributed by atoms with Crippen molar-refractivity contribution in [2.75, 3.05) is 18.1 Å². The Hall–Kier alpha value is -4.77. The van der Waals surface area contributed by atoms with E-state index < -0.39 is 72.2 Å². The second-order valence-corrected chi connectivity index (χ2v) is 14.4. The van der Waals surface area contributed by atoms with Gasteiger partial charge in [-0.25, -0.2) is 0 Å². The number of hydrogen-bond donors (Lipinski definition) is 2. The number of halogens is 1. The summed E-state index contributed by atoms with van der Waals surface area (Å²) in [6.07, 6.45) is 3.45. The fraction of sp³-hybridized carbons (Fsp3) is 0.381. The van der Waals surface area contributed by atoms with Crippen molar-refractivity contribution in [3.05, 3.63) is 126 Å². The molecule has 2 bridgehead atoms. The van der Waals surface area contributed by atoms with Gasteiger partial charge in [-0.1, -0.05) is 96.5 Å². The van der Waals surface area contributed by atoms with Crippen LogP contribution in [0.25, 0.3) is 0 Å². The number of ether oxygens (including phenoxy) is 2. The van der Waals surface area contributed by atoms with Crippen molar-refractivity contribution in [1.29, 1.82) is 0 Å². The summed E-state index contributed by atoms with van der Waals surface area (Å²) in [4.78, 5) is 60.2. The topological polar surface area (TPSA) is 125 Å². The first-order valence-corrected chi connectivity index (χ1v) is 18.5. The second kappa shape index (κ2) is 16.5. The molecule has 278 valence electrons. The van der Waals surface area contributed by atoms with E-state index in [0.717, 1.165) is 5.56 Å². The van der Waals surface area contributed by atoms with Gasteiger partial charge in [0.25, 0.3) is 5.91 Å². The van der Waals surface area contributed by atoms with Crippen molar-refractivity contribution in [2.24, 2.45) is 11.8 Å². The van der Waals surface area contributed by atoms with Crippen LogP contribution in [-0.2, 0) is 35.1 Å². The van der Waals surface area contributed by atoms with Gasteiger partial charge in [-0.05, 0) is 55.9 Å². The number of benzene rings is 3. The first kappa shape index (κ1) is 38.0. The molecule has 0 aromatic heterocycles. The summed E-state index contributed by atoms with van der Waals surface area (Å²) in [5, 5.41) is 14.2. The van der Waals surface area contributed by atoms with E-state index >= 15 is 4.79 Å². The Morgan fingerprint density at radius 3 is 2.40 bits per heavy atom. The molecule has 53 heavy (non-hydrogen) atoms. The van der Waals surface area contributed by atoms with Crippen LogP contribution in [-0.4, -0.2) is 76.7 Å². The molecule has 3 aromatic rings. The van der Waals surface area contributed by atoms with Crippen LogP contribution in [0.4, 0.5) is 5.69 Å². The smallest absolute Gasteiger partial charge is 0.313 e. The molecule has 3 aliphatic heterocycles. The minimum atomic E-state index is -1.37. The SMILES string of the molecule is C=CCCC(=O)N[C@@H](C)[C@H](OC(=O)[C@@H]1[C@H]2C(=O)N([C@@H](CO)Cc3ccccc3)[C@H](C(=O)N(CC=C)c3ccccc3Cl)[C@]23CC[C@H]1O3)c1ccccc1. The molecule has 1 spiro atoms. The third-order valence-corrected chi connectivity index (χ3v) is 11.0. The maximum Gasteiger partial charge on any atom is 0.313 e. The Balaban J connectivity index is 1.38. The highest BCUT2D eigenvalue weighted by Gasteiger charge is 2.75. The zero-order valence-corrected chi connectivity index (χ0v) is 30.6. The largest absolute Gasteiger partial charge is 0.455 e. The monoisotopic (exact) mass is 739 g/mol. The summed E-state index contributed by atoms with van der Waals surface area (Å²) >= 11 is 6.63. The lowest BCUT2D eigenvalue weighted by molar-refractivity contribution is -0.162. The molecule has 6 rings (SSSR count). The molecule has 0 unspecified atom stereocenters. The molecule has 0 saturated carbocycles. The number of esters is 1. The highest BCUT2D eigenvalue weighted by atomic mass is 35.5. The number of rotatable bonds is 16. The van der Waals surface area contributed by atoms with Gasteiger partial charge < -0.3 is 29.7 Å². The summed E-state index contributed by atoms with van der Waals surface area (Å²) in [7, 11) is 0. The Morgan fingerprint density at radius 2 is 1.74 bits per heavy atom. The average molecular weight is 740 g/mol. The number of nitrogens with one attached hydrogen (secondary N) is 1. The van der Waals surface area contributed by atoms with Crippen molar-refractivity contribution in [3.63, 3.8) is 0 Å². The highest BCUT2D eigenvalue weighted by molar-refractivity contribution is 6.34. The van der Waals surface area contributed by atoms with Gasteiger partial charge in [0.2, 0.25) is 11.8 Å². The lowest BCUT2D eigenvalue weighted by Gasteiger charge is -2.39. The standard InChI is InChI=1S/C42H46ClN3O7/c1-4-6-21-34(48)44-27(3)37(29-17-11-8-12-18-29)52-41(51)35-33-22-23-42(53-33)36(35)39(49)46(30(26-47)25-28-15-9-7-10-16-28)38(42)40(50)45(24-5-2)32-20-14-13-19-31(32)43/h4-5,7-20,27,30,33,35-38,47H,1-2,6,21-26H2,3H3,(H,44,48)/t27-,30+,33+,35-,36-,37-,38+,42-/m0/s1. The summed E-state index contributed by atoms with van der Waals surface area (Å²) in [6, 6.07) is 22.9. The van der Waals surface area contributed by atoms with E-state index in [-0.39, 0.29) is 25.3 Å². The van der Waals surface area contributed by atoms with Gasteiger partial charge >= 0.3 is 5.97 Å². The third kappa shape index (κ3) is 7.40. The van der Waals surface area contributed by atoms with Gasteiger partial charge in [0.05, 0.1) is 47.3 Å². The number of carbonyl (C=O) groups excluding carboxylic acids is 4. The van der Waals surface area contributed by atoms with Crippen LogP contribution in [0.3, 0.4) is 0 Å². The van der Waals surface area contributed by atoms with Gasteiger partial charge in [-0.2, -0.15) is 0 Å². The number of allylic oxidation sites excluding steroid dienone is 1. The number of nitrogens with zero attached hydrogens (tertiary/aromatic N) is 2. The van der Waals surface area contributed by atoms with Crippen LogP contribution in [0.15, 0.2) is 110 Å². The Kier molecular flexibility index (Phi) is 11.8. The van der Waals surface area contributed by atoms with Crippen LogP contribution in [0.5, 0.6) is 0 Å². The summed E-state index contributed by atoms with van der Waals surface area (Å²) in [5.74, 6) is -3.86. The van der Waals surface area contributed by atoms with E-state index in [1.807, 2.05) is 60.7 Å². The van der Waals surface area contributed by atoms with Crippen LogP contribution >= 0.6 is 11.6 Å². The van der Waals surface area contributed by atoms with E-state index in [9.17, 15) is 19.5 Å². The molecule has 0 radical (unpaired) electrons. The van der Waals surface area contributed by atoms with Crippen molar-refractivity contribution in [1.82, 2.24) is 10.2 Å². The number of aliphatic hydroxyl groups is 1. The predicted octanol–water partition coefficient (Wildman–Crippen LogP) is 5.59. The molecule has 0 aliphatic carbocycles. The van der Waals surface area contributed by atoms with Crippen LogP contribution in [0.2, 0.25) is 5.02 Å². The van der Waals surface area contributed by atoms with Gasteiger partial charge in [0, 0.05) is 13.0 Å². The van der Waals surface area contributed by atoms with E-state index in [0.29, 0.717) is 35.5 Å². The summed E-state index contributed by atoms with van der Waals surface area (Å²) < 4.78 is 13.0. The second-order valence-electron chi connectivity index (χ2n) is 14.0. The molecule has 3 fully saturated rings. The Morgan fingerprint density at radius 1 is 1.06 bits per heavy atom. The Bertz CT molecular complexity index is 1820. The molecule has 3 aliphatic rings. The minimum Gasteiger partial charge on any atom is -0.455 e. The summed E-state index contributed by atoms with van der Waals surface area (Å²) in [6.45, 7) is 8.99. The maximum absolute atomic E-state index is 15.0. The number of hydrogen-bond acceptors (Lipinski definition) is 7. The van der Waals surface area contributed by atoms with Gasteiger partial charge in [0.15, 0.2) is 0 Å². The number of fused-ring (bicyclic) bond motifs is 1. The van der Waals surface area contributed by atoms with Gasteiger partial charge in [-0.3, -0.25) is 19.2 Å². The first-order chi connectivity index (χ1) is 25.6. The number of para-hydroxylation sites is 1. The quantitative estimate of drug-likeness (QED) is 0.145. The molecule has 10 nitrogen and oxygen atoms in total. The zero-order valence-electron chi connectivity index (χ0n) is 29.8. The fourth-order valence-electron chi connectivity index (χ4n) is 8.36. The normalized spacial score (nSPS) is 24.5. The van der Waals surface area contributed by atoms with Crippen molar-refractivity contribution in [3.8, 4) is 0 Å². The molecule has 3 amide bonds.